The highest BCUT2D eigenvalue weighted by molar-refractivity contribution is 7.89. The second kappa shape index (κ2) is 9.88. The van der Waals surface area contributed by atoms with Crippen molar-refractivity contribution in [1.82, 2.24) is 4.31 Å². The molecule has 0 aliphatic heterocycles. The van der Waals surface area contributed by atoms with E-state index < -0.39 is 63.0 Å². The van der Waals surface area contributed by atoms with E-state index in [2.05, 4.69) is 4.74 Å². The monoisotopic (exact) mass is 462 g/mol. The third-order valence-electron chi connectivity index (χ3n) is 4.14. The Labute approximate surface area is 175 Å². The molecule has 0 unspecified atom stereocenters. The zero-order valence-electron chi connectivity index (χ0n) is 16.4. The average molecular weight is 462 g/mol. The summed E-state index contributed by atoms with van der Waals surface area (Å²) in [6, 6.07) is 3.87. The van der Waals surface area contributed by atoms with Gasteiger partial charge in [-0.25, -0.2) is 30.8 Å². The van der Waals surface area contributed by atoms with E-state index in [0.717, 1.165) is 28.6 Å². The summed E-state index contributed by atoms with van der Waals surface area (Å²) >= 11 is 0. The second-order valence-corrected chi connectivity index (χ2v) is 8.02. The molecule has 2 rings (SSSR count). The SMILES string of the molecule is CCN(CC)S(=O)(=O)c1ccc(F)c(C(=O)OCC(=O)Nc2ccc(F)c(F)c2F)c1. The highest BCUT2D eigenvalue weighted by Gasteiger charge is 2.25. The van der Waals surface area contributed by atoms with Crippen LogP contribution >= 0.6 is 0 Å². The molecule has 0 saturated heterocycles. The Morgan fingerprint density at radius 2 is 1.58 bits per heavy atom. The van der Waals surface area contributed by atoms with Crippen LogP contribution in [0.2, 0.25) is 0 Å². The zero-order valence-corrected chi connectivity index (χ0v) is 17.2. The number of amides is 1. The van der Waals surface area contributed by atoms with Crippen LogP contribution in [-0.4, -0.2) is 44.3 Å². The van der Waals surface area contributed by atoms with E-state index in [1.807, 2.05) is 5.32 Å². The molecule has 0 radical (unpaired) electrons. The fraction of sp³-hybridized carbons (Fsp3) is 0.263. The van der Waals surface area contributed by atoms with Crippen LogP contribution < -0.4 is 5.32 Å². The van der Waals surface area contributed by atoms with Gasteiger partial charge >= 0.3 is 5.97 Å². The van der Waals surface area contributed by atoms with E-state index in [-0.39, 0.29) is 18.0 Å². The van der Waals surface area contributed by atoms with Crippen molar-refractivity contribution in [3.63, 3.8) is 0 Å². The Bertz CT molecular complexity index is 1100. The number of anilines is 1. The van der Waals surface area contributed by atoms with Crippen LogP contribution in [0.25, 0.3) is 0 Å². The molecule has 0 aromatic heterocycles. The highest BCUT2D eigenvalue weighted by atomic mass is 32.2. The van der Waals surface area contributed by atoms with Gasteiger partial charge in [0.2, 0.25) is 10.0 Å². The maximum atomic E-state index is 14.0. The molecule has 0 aliphatic rings. The molecular formula is C19H18F4N2O5S. The molecule has 0 bridgehead atoms. The first-order valence-electron chi connectivity index (χ1n) is 8.93. The summed E-state index contributed by atoms with van der Waals surface area (Å²) in [6.07, 6.45) is 0. The number of halogens is 4. The maximum Gasteiger partial charge on any atom is 0.341 e. The van der Waals surface area contributed by atoms with Gasteiger partial charge in [0.25, 0.3) is 5.91 Å². The Kier molecular flexibility index (Phi) is 7.74. The first-order chi connectivity index (χ1) is 14.5. The van der Waals surface area contributed by atoms with Gasteiger partial charge in [-0.1, -0.05) is 13.8 Å². The molecular weight excluding hydrogens is 444 g/mol. The predicted molar refractivity (Wildman–Crippen MR) is 102 cm³/mol. The van der Waals surface area contributed by atoms with Gasteiger partial charge in [0.15, 0.2) is 24.1 Å². The van der Waals surface area contributed by atoms with E-state index >= 15 is 0 Å². The summed E-state index contributed by atoms with van der Waals surface area (Å²) in [5.41, 5.74) is -1.43. The molecule has 2 aromatic rings. The minimum atomic E-state index is -3.99. The highest BCUT2D eigenvalue weighted by Crippen LogP contribution is 2.21. The van der Waals surface area contributed by atoms with Crippen molar-refractivity contribution in [2.45, 2.75) is 18.7 Å². The van der Waals surface area contributed by atoms with Crippen LogP contribution in [0.3, 0.4) is 0 Å². The Morgan fingerprint density at radius 1 is 0.968 bits per heavy atom. The maximum absolute atomic E-state index is 14.0. The number of sulfonamides is 1. The molecule has 2 aromatic carbocycles. The lowest BCUT2D eigenvalue weighted by Crippen LogP contribution is -2.30. The fourth-order valence-corrected chi connectivity index (χ4v) is 4.04. The zero-order chi connectivity index (χ0) is 23.3. The summed E-state index contributed by atoms with van der Waals surface area (Å²) in [5, 5.41) is 1.87. The normalized spacial score (nSPS) is 11.5. The van der Waals surface area contributed by atoms with E-state index in [0.29, 0.717) is 6.07 Å². The van der Waals surface area contributed by atoms with Crippen LogP contribution in [-0.2, 0) is 19.6 Å². The molecule has 1 amide bonds. The van der Waals surface area contributed by atoms with E-state index in [9.17, 15) is 35.6 Å². The number of rotatable bonds is 8. The standard InChI is InChI=1S/C19H18F4N2O5S/c1-3-25(4-2)31(28,29)11-5-6-13(20)12(9-11)19(27)30-10-16(26)24-15-8-7-14(21)17(22)18(15)23/h5-9H,3-4,10H2,1-2H3,(H,24,26). The quantitative estimate of drug-likeness (QED) is 0.370. The molecule has 1 N–H and O–H groups in total. The van der Waals surface area contributed by atoms with Gasteiger partial charge in [-0.05, 0) is 30.3 Å². The molecule has 0 heterocycles. The van der Waals surface area contributed by atoms with Crippen molar-refractivity contribution >= 4 is 27.6 Å². The predicted octanol–water partition coefficient (Wildman–Crippen LogP) is 3.07. The van der Waals surface area contributed by atoms with Crippen LogP contribution in [0.4, 0.5) is 23.2 Å². The molecule has 168 valence electrons. The van der Waals surface area contributed by atoms with Crippen molar-refractivity contribution in [2.24, 2.45) is 0 Å². The summed E-state index contributed by atoms with van der Waals surface area (Å²) < 4.78 is 84.5. The minimum absolute atomic E-state index is 0.150. The molecule has 7 nitrogen and oxygen atoms in total. The van der Waals surface area contributed by atoms with Gasteiger partial charge < -0.3 is 10.1 Å². The van der Waals surface area contributed by atoms with Gasteiger partial charge in [0.05, 0.1) is 16.1 Å². The number of esters is 1. The topological polar surface area (TPSA) is 92.8 Å². The Hall–Kier alpha value is -2.99. The fourth-order valence-electron chi connectivity index (χ4n) is 2.55. The lowest BCUT2D eigenvalue weighted by molar-refractivity contribution is -0.119. The number of carbonyl (C=O) groups excluding carboxylic acids is 2. The number of nitrogens with one attached hydrogen (secondary N) is 1. The van der Waals surface area contributed by atoms with E-state index in [1.54, 1.807) is 13.8 Å². The molecule has 0 spiro atoms. The number of ether oxygens (including phenoxy) is 1. The Balaban J connectivity index is 2.14. The van der Waals surface area contributed by atoms with E-state index in [1.165, 1.54) is 0 Å². The second-order valence-electron chi connectivity index (χ2n) is 6.08. The van der Waals surface area contributed by atoms with Gasteiger partial charge in [0, 0.05) is 13.1 Å². The summed E-state index contributed by atoms with van der Waals surface area (Å²) in [4.78, 5) is 23.6. The first-order valence-corrected chi connectivity index (χ1v) is 10.4. The first kappa shape index (κ1) is 24.3. The molecule has 0 atom stereocenters. The summed E-state index contributed by atoms with van der Waals surface area (Å²) in [6.45, 7) is 2.49. The van der Waals surface area contributed by atoms with Crippen LogP contribution in [0.15, 0.2) is 35.2 Å². The van der Waals surface area contributed by atoms with Crippen molar-refractivity contribution in [2.75, 3.05) is 25.0 Å². The van der Waals surface area contributed by atoms with Crippen LogP contribution in [0, 0.1) is 23.3 Å². The van der Waals surface area contributed by atoms with Crippen molar-refractivity contribution in [3.05, 3.63) is 59.2 Å². The number of hydrogen-bond donors (Lipinski definition) is 1. The smallest absolute Gasteiger partial charge is 0.341 e. The number of benzene rings is 2. The molecule has 12 heteroatoms. The van der Waals surface area contributed by atoms with Crippen LogP contribution in [0.5, 0.6) is 0 Å². The van der Waals surface area contributed by atoms with Crippen LogP contribution in [0.1, 0.15) is 24.2 Å². The third-order valence-corrected chi connectivity index (χ3v) is 6.19. The molecule has 0 saturated carbocycles. The Morgan fingerprint density at radius 3 is 2.19 bits per heavy atom. The van der Waals surface area contributed by atoms with Gasteiger partial charge in [-0.15, -0.1) is 0 Å². The number of hydrogen-bond acceptors (Lipinski definition) is 5. The molecule has 31 heavy (non-hydrogen) atoms. The number of carbonyl (C=O) groups is 2. The summed E-state index contributed by atoms with van der Waals surface area (Å²) in [7, 11) is -3.99. The van der Waals surface area contributed by atoms with Gasteiger partial charge in [-0.2, -0.15) is 4.31 Å². The average Bonchev–Trinajstić information content (AvgIpc) is 2.73. The van der Waals surface area contributed by atoms with E-state index in [4.69, 9.17) is 0 Å². The van der Waals surface area contributed by atoms with Crippen molar-refractivity contribution in [1.29, 1.82) is 0 Å². The minimum Gasteiger partial charge on any atom is -0.452 e. The number of nitrogens with zero attached hydrogens (tertiary/aromatic N) is 1. The van der Waals surface area contributed by atoms with Gasteiger partial charge in [0.1, 0.15) is 5.82 Å². The molecule has 0 fully saturated rings. The van der Waals surface area contributed by atoms with Gasteiger partial charge in [-0.3, -0.25) is 4.79 Å². The molecule has 0 aliphatic carbocycles. The van der Waals surface area contributed by atoms with Crippen molar-refractivity contribution < 1.29 is 40.3 Å². The lowest BCUT2D eigenvalue weighted by atomic mass is 10.2. The largest absolute Gasteiger partial charge is 0.452 e. The van der Waals surface area contributed by atoms with Crippen molar-refractivity contribution in [3.8, 4) is 0 Å². The summed E-state index contributed by atoms with van der Waals surface area (Å²) in [5.74, 6) is -8.48. The lowest BCUT2D eigenvalue weighted by Gasteiger charge is -2.18. The third kappa shape index (κ3) is 5.39.